The van der Waals surface area contributed by atoms with Gasteiger partial charge in [0.1, 0.15) is 19.3 Å². The van der Waals surface area contributed by atoms with E-state index in [0.717, 1.165) is 11.4 Å². The number of para-hydroxylation sites is 1. The van der Waals surface area contributed by atoms with Crippen molar-refractivity contribution < 1.29 is 19.1 Å². The number of carbonyl (C=O) groups is 3. The van der Waals surface area contributed by atoms with Crippen LogP contribution in [0.15, 0.2) is 66.7 Å². The molecule has 3 rings (SSSR count). The maximum absolute atomic E-state index is 12.1. The number of anilines is 2. The number of ether oxygens (including phenoxy) is 1. The Hall–Kier alpha value is -3.35. The number of hydrogen-bond donors (Lipinski definition) is 2. The van der Waals surface area contributed by atoms with Gasteiger partial charge in [-0.15, -0.1) is 0 Å². The van der Waals surface area contributed by atoms with E-state index >= 15 is 0 Å². The molecular weight excluding hydrogens is 451 g/mol. The Balaban J connectivity index is 0.000000619. The molecule has 32 heavy (non-hydrogen) atoms. The summed E-state index contributed by atoms with van der Waals surface area (Å²) in [4.78, 5) is 28.1. The Labute approximate surface area is 198 Å². The van der Waals surface area contributed by atoms with Gasteiger partial charge in [0, 0.05) is 18.3 Å². The molecule has 0 unspecified atom stereocenters. The predicted molar refractivity (Wildman–Crippen MR) is 132 cm³/mol. The van der Waals surface area contributed by atoms with Crippen LogP contribution in [0.5, 0.6) is 5.75 Å². The molecule has 170 valence electrons. The summed E-state index contributed by atoms with van der Waals surface area (Å²) in [5, 5.41) is 6.51. The van der Waals surface area contributed by atoms with Crippen LogP contribution in [0.3, 0.4) is 0 Å². The summed E-state index contributed by atoms with van der Waals surface area (Å²) in [6.45, 7) is 6.06. The number of rotatable bonds is 4. The molecule has 0 aromatic heterocycles. The van der Waals surface area contributed by atoms with Crippen LogP contribution in [0.2, 0.25) is 10.0 Å². The van der Waals surface area contributed by atoms with E-state index in [1.165, 1.54) is 5.56 Å². The first-order valence-corrected chi connectivity index (χ1v) is 9.91. The first-order chi connectivity index (χ1) is 15.4. The Bertz CT molecular complexity index is 944. The summed E-state index contributed by atoms with van der Waals surface area (Å²) in [6, 6.07) is 20.2. The van der Waals surface area contributed by atoms with Gasteiger partial charge >= 0.3 is 0 Å². The van der Waals surface area contributed by atoms with Gasteiger partial charge in [-0.3, -0.25) is 4.79 Å². The molecule has 0 spiro atoms. The Morgan fingerprint density at radius 3 is 1.91 bits per heavy atom. The lowest BCUT2D eigenvalue weighted by molar-refractivity contribution is -0.0987. The van der Waals surface area contributed by atoms with E-state index in [0.29, 0.717) is 21.3 Å². The van der Waals surface area contributed by atoms with Gasteiger partial charge in [0.25, 0.3) is 5.91 Å². The second-order valence-electron chi connectivity index (χ2n) is 5.90. The molecule has 3 aromatic carbocycles. The zero-order chi connectivity index (χ0) is 24.5. The molecule has 2 N–H and O–H groups in total. The normalized spacial score (nSPS) is 8.78. The maximum Gasteiger partial charge on any atom is 0.255 e. The number of nitrogens with one attached hydrogen (secondary N) is 2. The zero-order valence-corrected chi connectivity index (χ0v) is 19.7. The number of carbonyl (C=O) groups excluding carboxylic acids is 3. The fourth-order valence-electron chi connectivity index (χ4n) is 2.29. The topological polar surface area (TPSA) is 84.5 Å². The van der Waals surface area contributed by atoms with E-state index in [2.05, 4.69) is 17.6 Å². The lowest BCUT2D eigenvalue weighted by atomic mass is 10.2. The van der Waals surface area contributed by atoms with Crippen LogP contribution in [0.4, 0.5) is 11.4 Å². The molecule has 0 saturated carbocycles. The Morgan fingerprint density at radius 1 is 0.875 bits per heavy atom. The minimum absolute atomic E-state index is 0.257. The summed E-state index contributed by atoms with van der Waals surface area (Å²) in [5.41, 5.74) is 3.07. The number of halogens is 2. The Kier molecular flexibility index (Phi) is 14.6. The van der Waals surface area contributed by atoms with Gasteiger partial charge < -0.3 is 25.0 Å². The molecule has 1 amide bonds. The van der Waals surface area contributed by atoms with E-state index in [1.54, 1.807) is 50.6 Å². The number of methoxy groups -OCH3 is 1. The second-order valence-corrected chi connectivity index (χ2v) is 6.71. The van der Waals surface area contributed by atoms with Gasteiger partial charge in [-0.25, -0.2) is 0 Å². The molecule has 8 heteroatoms. The van der Waals surface area contributed by atoms with Crippen LogP contribution in [0, 0.1) is 6.92 Å². The summed E-state index contributed by atoms with van der Waals surface area (Å²) in [7, 11) is 3.46. The number of hydrogen-bond acceptors (Lipinski definition) is 5. The van der Waals surface area contributed by atoms with E-state index in [4.69, 9.17) is 37.5 Å². The highest BCUT2D eigenvalue weighted by Gasteiger charge is 2.11. The lowest BCUT2D eigenvalue weighted by Crippen LogP contribution is -2.12. The van der Waals surface area contributed by atoms with Gasteiger partial charge in [0.2, 0.25) is 0 Å². The predicted octanol–water partition coefficient (Wildman–Crippen LogP) is 5.92. The van der Waals surface area contributed by atoms with Crippen LogP contribution in [-0.4, -0.2) is 33.6 Å². The summed E-state index contributed by atoms with van der Waals surface area (Å²) >= 11 is 12.0. The Morgan fingerprint density at radius 2 is 1.41 bits per heavy atom. The van der Waals surface area contributed by atoms with Crippen molar-refractivity contribution in [1.82, 2.24) is 0 Å². The highest BCUT2D eigenvalue weighted by atomic mass is 35.5. The van der Waals surface area contributed by atoms with Crippen molar-refractivity contribution in [3.8, 4) is 5.75 Å². The minimum atomic E-state index is -0.257. The first kappa shape index (κ1) is 28.6. The number of benzene rings is 3. The number of aryl methyl sites for hydroxylation is 1. The van der Waals surface area contributed by atoms with E-state index in [9.17, 15) is 4.79 Å². The summed E-state index contributed by atoms with van der Waals surface area (Å²) in [5.74, 6) is 0.660. The second kappa shape index (κ2) is 16.4. The van der Waals surface area contributed by atoms with Gasteiger partial charge in [0.15, 0.2) is 0 Å². The number of amides is 1. The van der Waals surface area contributed by atoms with E-state index < -0.39 is 0 Å². The molecule has 0 fully saturated rings. The van der Waals surface area contributed by atoms with Crippen molar-refractivity contribution in [2.24, 2.45) is 0 Å². The van der Waals surface area contributed by atoms with Crippen LogP contribution in [0.25, 0.3) is 0 Å². The zero-order valence-electron chi connectivity index (χ0n) is 18.2. The van der Waals surface area contributed by atoms with Crippen molar-refractivity contribution in [3.63, 3.8) is 0 Å². The fraction of sp³-hybridized carbons (Fsp3) is 0.125. The molecule has 0 heterocycles. The largest absolute Gasteiger partial charge is 0.497 e. The van der Waals surface area contributed by atoms with Crippen molar-refractivity contribution >= 4 is 54.1 Å². The van der Waals surface area contributed by atoms with Crippen molar-refractivity contribution in [1.29, 1.82) is 0 Å². The third-order valence-electron chi connectivity index (χ3n) is 3.87. The van der Waals surface area contributed by atoms with Crippen molar-refractivity contribution in [2.75, 3.05) is 24.8 Å². The molecule has 0 aliphatic carbocycles. The lowest BCUT2D eigenvalue weighted by Gasteiger charge is -2.10. The molecule has 0 aliphatic rings. The molecular formula is C24H26Cl2N2O4. The molecule has 3 aromatic rings. The molecule has 0 aliphatic heterocycles. The highest BCUT2D eigenvalue weighted by Crippen LogP contribution is 2.30. The fourth-order valence-corrected chi connectivity index (χ4v) is 2.79. The van der Waals surface area contributed by atoms with Crippen molar-refractivity contribution in [2.45, 2.75) is 6.92 Å². The molecule has 6 nitrogen and oxygen atoms in total. The molecule has 0 bridgehead atoms. The highest BCUT2D eigenvalue weighted by molar-refractivity contribution is 6.40. The summed E-state index contributed by atoms with van der Waals surface area (Å²) < 4.78 is 4.97. The quantitative estimate of drug-likeness (QED) is 0.487. The minimum Gasteiger partial charge on any atom is -0.497 e. The van der Waals surface area contributed by atoms with E-state index in [-0.39, 0.29) is 5.91 Å². The third kappa shape index (κ3) is 9.64. The van der Waals surface area contributed by atoms with Gasteiger partial charge in [0.05, 0.1) is 22.8 Å². The van der Waals surface area contributed by atoms with Crippen molar-refractivity contribution in [3.05, 3.63) is 87.9 Å². The maximum atomic E-state index is 12.1. The smallest absolute Gasteiger partial charge is 0.255 e. The monoisotopic (exact) mass is 476 g/mol. The third-order valence-corrected chi connectivity index (χ3v) is 4.50. The van der Waals surface area contributed by atoms with Gasteiger partial charge in [-0.05, 0) is 49.4 Å². The average molecular weight is 477 g/mol. The van der Waals surface area contributed by atoms with Crippen LogP contribution in [0.1, 0.15) is 15.9 Å². The standard InChI is InChI=1S/C14H12Cl2N2O.C8H10O.2CH2O/c1-17-10-5-2-4-9(8-10)14(19)18-13-11(15)6-3-7-12(13)16;1-7-3-5-8(9-2)6-4-7;2*1-2/h2-8,17H,1H3,(H,18,19);3-6H,1-2H3;2*1H2. The van der Waals surface area contributed by atoms with Crippen LogP contribution < -0.4 is 15.4 Å². The van der Waals surface area contributed by atoms with Gasteiger partial charge in [-0.2, -0.15) is 0 Å². The molecule has 0 atom stereocenters. The van der Waals surface area contributed by atoms with Crippen LogP contribution >= 0.6 is 23.2 Å². The van der Waals surface area contributed by atoms with Crippen LogP contribution in [-0.2, 0) is 9.59 Å². The SMILES string of the molecule is C=O.C=O.CNc1cccc(C(=O)Nc2c(Cl)cccc2Cl)c1.COc1ccc(C)cc1. The molecule has 0 saturated heterocycles. The van der Waals surface area contributed by atoms with E-state index in [1.807, 2.05) is 43.9 Å². The first-order valence-electron chi connectivity index (χ1n) is 9.16. The molecule has 0 radical (unpaired) electrons. The summed E-state index contributed by atoms with van der Waals surface area (Å²) in [6.07, 6.45) is 0. The van der Waals surface area contributed by atoms with Gasteiger partial charge in [-0.1, -0.05) is 53.0 Å². The average Bonchev–Trinajstić information content (AvgIpc) is 2.85.